The Balaban J connectivity index is 1.46. The molecule has 1 fully saturated rings. The normalized spacial score (nSPS) is 23.6. The van der Waals surface area contributed by atoms with Crippen molar-refractivity contribution >= 4 is 22.6 Å². The molecule has 0 spiro atoms. The maximum absolute atomic E-state index is 13.1. The second kappa shape index (κ2) is 9.70. The number of hydrogen-bond donors (Lipinski definition) is 1. The number of nitrogens with one attached hydrogen (secondary N) is 1. The van der Waals surface area contributed by atoms with Crippen molar-refractivity contribution < 1.29 is 14.3 Å². The third-order valence-electron chi connectivity index (χ3n) is 6.85. The molecule has 0 unspecified atom stereocenters. The average molecular weight is 433 g/mol. The number of esters is 1. The molecule has 4 rings (SSSR count). The molecular formula is C27H32N2O3. The van der Waals surface area contributed by atoms with Crippen LogP contribution in [0.5, 0.6) is 0 Å². The van der Waals surface area contributed by atoms with Crippen molar-refractivity contribution in [3.63, 3.8) is 0 Å². The van der Waals surface area contributed by atoms with E-state index in [1.807, 2.05) is 42.5 Å². The van der Waals surface area contributed by atoms with Gasteiger partial charge in [0.1, 0.15) is 6.04 Å². The van der Waals surface area contributed by atoms with Gasteiger partial charge in [0, 0.05) is 24.7 Å². The molecule has 1 N–H and O–H groups in total. The van der Waals surface area contributed by atoms with Crippen LogP contribution in [0.4, 0.5) is 0 Å². The van der Waals surface area contributed by atoms with Gasteiger partial charge < -0.3 is 10.1 Å². The van der Waals surface area contributed by atoms with E-state index in [1.54, 1.807) is 0 Å². The summed E-state index contributed by atoms with van der Waals surface area (Å²) in [6.45, 7) is 7.57. The van der Waals surface area contributed by atoms with Crippen LogP contribution < -0.4 is 5.32 Å². The molecule has 5 heteroatoms. The smallest absolute Gasteiger partial charge is 0.323 e. The minimum absolute atomic E-state index is 0.0987. The van der Waals surface area contributed by atoms with E-state index in [4.69, 9.17) is 4.74 Å². The van der Waals surface area contributed by atoms with Crippen LogP contribution in [-0.2, 0) is 9.53 Å². The predicted molar refractivity (Wildman–Crippen MR) is 127 cm³/mol. The van der Waals surface area contributed by atoms with Gasteiger partial charge in [-0.1, -0.05) is 60.2 Å². The second-order valence-corrected chi connectivity index (χ2v) is 9.08. The number of nitrogens with zero attached hydrogens (tertiary/aromatic N) is 1. The standard InChI is InChI=1S/C27H32N2O3/c1-18(2)20-13-11-19(12-14-20)16-29-17-22(15-25(29)27(31)32-3)28-26(30)24-10-6-8-21-7-4-5-9-23(21)24/h4-11,20,22,25H,1,12-17H2,2-3H3,(H,28,30)/t20-,22-,25+/m1/s1. The van der Waals surface area contributed by atoms with Gasteiger partial charge in [-0.15, -0.1) is 0 Å². The minimum atomic E-state index is -0.336. The van der Waals surface area contributed by atoms with Crippen molar-refractivity contribution in [3.8, 4) is 0 Å². The molecule has 1 saturated heterocycles. The largest absolute Gasteiger partial charge is 0.468 e. The number of fused-ring (bicyclic) bond motifs is 1. The molecule has 1 heterocycles. The Kier molecular flexibility index (Phi) is 6.75. The summed E-state index contributed by atoms with van der Waals surface area (Å²) in [5.74, 6) is 0.225. The van der Waals surface area contributed by atoms with E-state index < -0.39 is 0 Å². The average Bonchev–Trinajstić information content (AvgIpc) is 3.20. The lowest BCUT2D eigenvalue weighted by atomic mass is 9.85. The molecule has 3 atom stereocenters. The summed E-state index contributed by atoms with van der Waals surface area (Å²) in [4.78, 5) is 27.7. The first-order chi connectivity index (χ1) is 15.5. The van der Waals surface area contributed by atoms with Crippen LogP contribution in [0.2, 0.25) is 0 Å². The summed E-state index contributed by atoms with van der Waals surface area (Å²) in [6.07, 6.45) is 6.01. The Morgan fingerprint density at radius 2 is 1.97 bits per heavy atom. The van der Waals surface area contributed by atoms with Crippen LogP contribution in [0.1, 0.15) is 43.0 Å². The summed E-state index contributed by atoms with van der Waals surface area (Å²) in [6, 6.07) is 13.2. The van der Waals surface area contributed by atoms with E-state index >= 15 is 0 Å². The SMILES string of the molecule is C=C(C)[C@@H]1CC=C(CN2C[C@H](NC(=O)c3cccc4ccccc34)C[C@H]2C(=O)OC)CC1. The number of methoxy groups -OCH3 is 1. The van der Waals surface area contributed by atoms with Crippen LogP contribution in [-0.4, -0.2) is 49.1 Å². The number of amides is 1. The van der Waals surface area contributed by atoms with Gasteiger partial charge >= 0.3 is 5.97 Å². The molecule has 2 aliphatic rings. The van der Waals surface area contributed by atoms with Crippen molar-refractivity contribution in [1.82, 2.24) is 10.2 Å². The molecule has 0 saturated carbocycles. The van der Waals surface area contributed by atoms with Gasteiger partial charge in [-0.3, -0.25) is 14.5 Å². The van der Waals surface area contributed by atoms with Crippen LogP contribution in [0.25, 0.3) is 10.8 Å². The fourth-order valence-corrected chi connectivity index (χ4v) is 4.99. The lowest BCUT2D eigenvalue weighted by Crippen LogP contribution is -2.39. The maximum atomic E-state index is 13.1. The molecule has 168 valence electrons. The Bertz CT molecular complexity index is 1050. The third-order valence-corrected chi connectivity index (χ3v) is 6.85. The summed E-state index contributed by atoms with van der Waals surface area (Å²) < 4.78 is 5.07. The minimum Gasteiger partial charge on any atom is -0.468 e. The van der Waals surface area contributed by atoms with Gasteiger partial charge in [0.25, 0.3) is 5.91 Å². The van der Waals surface area contributed by atoms with Crippen LogP contribution >= 0.6 is 0 Å². The van der Waals surface area contributed by atoms with Crippen molar-refractivity contribution in [3.05, 3.63) is 71.8 Å². The molecule has 32 heavy (non-hydrogen) atoms. The number of carbonyl (C=O) groups is 2. The van der Waals surface area contributed by atoms with E-state index in [0.29, 0.717) is 24.4 Å². The highest BCUT2D eigenvalue weighted by Gasteiger charge is 2.38. The molecule has 2 aromatic rings. The van der Waals surface area contributed by atoms with Crippen LogP contribution in [0.15, 0.2) is 66.3 Å². The molecule has 1 amide bonds. The first-order valence-corrected chi connectivity index (χ1v) is 11.4. The quantitative estimate of drug-likeness (QED) is 0.540. The predicted octanol–water partition coefficient (Wildman–Crippen LogP) is 4.49. The number of ether oxygens (including phenoxy) is 1. The van der Waals surface area contributed by atoms with E-state index in [1.165, 1.54) is 18.3 Å². The number of allylic oxidation sites excluding steroid dienone is 2. The van der Waals surface area contributed by atoms with Crippen LogP contribution in [0.3, 0.4) is 0 Å². The van der Waals surface area contributed by atoms with Gasteiger partial charge in [0.15, 0.2) is 0 Å². The Morgan fingerprint density at radius 1 is 1.19 bits per heavy atom. The van der Waals surface area contributed by atoms with Crippen LogP contribution in [0, 0.1) is 5.92 Å². The molecule has 1 aliphatic carbocycles. The molecule has 0 aromatic heterocycles. The van der Waals surface area contributed by atoms with E-state index in [9.17, 15) is 9.59 Å². The molecule has 0 bridgehead atoms. The van der Waals surface area contributed by atoms with Crippen molar-refractivity contribution in [2.75, 3.05) is 20.2 Å². The first kappa shape index (κ1) is 22.3. The molecular weight excluding hydrogens is 400 g/mol. The Morgan fingerprint density at radius 3 is 2.69 bits per heavy atom. The summed E-state index contributed by atoms with van der Waals surface area (Å²) in [5, 5.41) is 5.14. The zero-order valence-corrected chi connectivity index (χ0v) is 19.0. The lowest BCUT2D eigenvalue weighted by Gasteiger charge is -2.27. The monoisotopic (exact) mass is 432 g/mol. The van der Waals surface area contributed by atoms with Gasteiger partial charge in [-0.25, -0.2) is 0 Å². The van der Waals surface area contributed by atoms with E-state index in [-0.39, 0.29) is 24.0 Å². The number of rotatable bonds is 6. The van der Waals surface area contributed by atoms with Crippen molar-refractivity contribution in [2.24, 2.45) is 5.92 Å². The van der Waals surface area contributed by atoms with Crippen molar-refractivity contribution in [1.29, 1.82) is 0 Å². The van der Waals surface area contributed by atoms with Crippen molar-refractivity contribution in [2.45, 2.75) is 44.7 Å². The van der Waals surface area contributed by atoms with Gasteiger partial charge in [-0.05, 0) is 55.4 Å². The van der Waals surface area contributed by atoms with Gasteiger partial charge in [0.2, 0.25) is 0 Å². The maximum Gasteiger partial charge on any atom is 0.323 e. The lowest BCUT2D eigenvalue weighted by molar-refractivity contribution is -0.145. The highest BCUT2D eigenvalue weighted by molar-refractivity contribution is 6.07. The number of carbonyl (C=O) groups excluding carboxylic acids is 2. The highest BCUT2D eigenvalue weighted by Crippen LogP contribution is 2.30. The third kappa shape index (κ3) is 4.78. The van der Waals surface area contributed by atoms with E-state index in [0.717, 1.165) is 36.6 Å². The summed E-state index contributed by atoms with van der Waals surface area (Å²) in [5.41, 5.74) is 3.26. The summed E-state index contributed by atoms with van der Waals surface area (Å²) >= 11 is 0. The van der Waals surface area contributed by atoms with Gasteiger partial charge in [0.05, 0.1) is 7.11 Å². The number of benzene rings is 2. The zero-order chi connectivity index (χ0) is 22.7. The molecule has 2 aromatic carbocycles. The number of hydrogen-bond acceptors (Lipinski definition) is 4. The Labute approximate surface area is 190 Å². The zero-order valence-electron chi connectivity index (χ0n) is 19.0. The second-order valence-electron chi connectivity index (χ2n) is 9.08. The summed E-state index contributed by atoms with van der Waals surface area (Å²) in [7, 11) is 1.43. The molecule has 0 radical (unpaired) electrons. The fraction of sp³-hybridized carbons (Fsp3) is 0.407. The molecule has 5 nitrogen and oxygen atoms in total. The molecule has 1 aliphatic heterocycles. The number of likely N-dealkylation sites (tertiary alicyclic amines) is 1. The highest BCUT2D eigenvalue weighted by atomic mass is 16.5. The topological polar surface area (TPSA) is 58.6 Å². The van der Waals surface area contributed by atoms with E-state index in [2.05, 4.69) is 29.8 Å². The van der Waals surface area contributed by atoms with Gasteiger partial charge in [-0.2, -0.15) is 0 Å². The Hall–Kier alpha value is -2.92. The first-order valence-electron chi connectivity index (χ1n) is 11.4. The fourth-order valence-electron chi connectivity index (χ4n) is 4.99.